The molecule has 0 atom stereocenters. The maximum absolute atomic E-state index is 8.01. The number of oxime groups is 2. The van der Waals surface area contributed by atoms with Crippen LogP contribution < -0.4 is 5.43 Å². The van der Waals surface area contributed by atoms with E-state index < -0.39 is 0 Å². The summed E-state index contributed by atoms with van der Waals surface area (Å²) >= 11 is 0. The van der Waals surface area contributed by atoms with Gasteiger partial charge in [0.1, 0.15) is 5.71 Å². The minimum atomic E-state index is 0.215. The van der Waals surface area contributed by atoms with Gasteiger partial charge in [-0.2, -0.15) is 5.10 Å². The second kappa shape index (κ2) is 5.54. The zero-order valence-corrected chi connectivity index (χ0v) is 5.39. The molecule has 0 heterocycles. The number of rotatable bonds is 3. The average molecular weight is 144 g/mol. The zero-order chi connectivity index (χ0) is 7.82. The molecule has 3 N–H and O–H groups in total. The largest absolute Gasteiger partial charge is 0.411 e. The van der Waals surface area contributed by atoms with Gasteiger partial charge < -0.3 is 15.8 Å². The van der Waals surface area contributed by atoms with Crippen molar-refractivity contribution >= 4 is 18.1 Å². The molecular weight excluding hydrogens is 136 g/mol. The Morgan fingerprint density at radius 2 is 1.80 bits per heavy atom. The van der Waals surface area contributed by atoms with Gasteiger partial charge >= 0.3 is 0 Å². The van der Waals surface area contributed by atoms with E-state index >= 15 is 0 Å². The van der Waals surface area contributed by atoms with Crippen LogP contribution in [0.2, 0.25) is 0 Å². The highest BCUT2D eigenvalue weighted by molar-refractivity contribution is 6.55. The lowest BCUT2D eigenvalue weighted by Crippen LogP contribution is -2.08. The van der Waals surface area contributed by atoms with Crippen molar-refractivity contribution in [2.75, 3.05) is 7.05 Å². The van der Waals surface area contributed by atoms with E-state index in [1.54, 1.807) is 7.05 Å². The molecule has 0 saturated carbocycles. The van der Waals surface area contributed by atoms with E-state index in [2.05, 4.69) is 20.8 Å². The van der Waals surface area contributed by atoms with E-state index in [0.29, 0.717) is 0 Å². The summed E-state index contributed by atoms with van der Waals surface area (Å²) in [5.74, 6) is 0. The van der Waals surface area contributed by atoms with Crippen LogP contribution in [0.5, 0.6) is 0 Å². The third-order valence-electron chi connectivity index (χ3n) is 0.621. The van der Waals surface area contributed by atoms with Crippen molar-refractivity contribution in [2.24, 2.45) is 15.4 Å². The van der Waals surface area contributed by atoms with Crippen LogP contribution in [-0.4, -0.2) is 35.6 Å². The summed E-state index contributed by atoms with van der Waals surface area (Å²) in [6, 6.07) is 0. The number of hydrogen-bond acceptors (Lipinski definition) is 6. The molecule has 0 unspecified atom stereocenters. The first-order chi connectivity index (χ1) is 4.85. The van der Waals surface area contributed by atoms with E-state index in [1.807, 2.05) is 0 Å². The molecule has 0 aliphatic heterocycles. The molecule has 0 bridgehead atoms. The number of nitrogens with zero attached hydrogens (tertiary/aromatic N) is 3. The summed E-state index contributed by atoms with van der Waals surface area (Å²) in [5, 5.41) is 24.9. The number of nitrogens with one attached hydrogen (secondary N) is 1. The second-order valence-electron chi connectivity index (χ2n) is 1.25. The third-order valence-corrected chi connectivity index (χ3v) is 0.621. The van der Waals surface area contributed by atoms with Gasteiger partial charge in [-0.15, -0.1) is 0 Å². The molecule has 6 heteroatoms. The van der Waals surface area contributed by atoms with Crippen LogP contribution in [0, 0.1) is 0 Å². The topological polar surface area (TPSA) is 89.6 Å². The van der Waals surface area contributed by atoms with E-state index in [-0.39, 0.29) is 5.71 Å². The predicted octanol–water partition coefficient (Wildman–Crippen LogP) is -0.518. The zero-order valence-electron chi connectivity index (χ0n) is 5.39. The molecule has 10 heavy (non-hydrogen) atoms. The lowest BCUT2D eigenvalue weighted by Gasteiger charge is -1.87. The molecule has 6 nitrogen and oxygen atoms in total. The van der Waals surface area contributed by atoms with E-state index in [1.165, 1.54) is 0 Å². The van der Waals surface area contributed by atoms with Gasteiger partial charge in [0.25, 0.3) is 0 Å². The highest BCUT2D eigenvalue weighted by Gasteiger charge is 1.87. The monoisotopic (exact) mass is 144 g/mol. The molecule has 0 aliphatic carbocycles. The lowest BCUT2D eigenvalue weighted by molar-refractivity contribution is 0.321. The maximum atomic E-state index is 8.01. The number of hydrogen-bond donors (Lipinski definition) is 3. The van der Waals surface area contributed by atoms with Crippen molar-refractivity contribution < 1.29 is 10.4 Å². The molecule has 0 spiro atoms. The van der Waals surface area contributed by atoms with Crippen molar-refractivity contribution in [1.29, 1.82) is 0 Å². The van der Waals surface area contributed by atoms with Crippen LogP contribution in [0.3, 0.4) is 0 Å². The quantitative estimate of drug-likeness (QED) is 0.283. The first-order valence-electron chi connectivity index (χ1n) is 2.44. The Hall–Kier alpha value is -1.59. The van der Waals surface area contributed by atoms with Crippen LogP contribution >= 0.6 is 0 Å². The fourth-order valence-corrected chi connectivity index (χ4v) is 0.338. The maximum Gasteiger partial charge on any atom is 0.126 e. The Morgan fingerprint density at radius 1 is 1.30 bits per heavy atom. The van der Waals surface area contributed by atoms with Crippen molar-refractivity contribution in [3.05, 3.63) is 0 Å². The Labute approximate surface area is 57.5 Å². The normalized spacial score (nSPS) is 13.1. The van der Waals surface area contributed by atoms with Gasteiger partial charge in [0.05, 0.1) is 12.4 Å². The summed E-state index contributed by atoms with van der Waals surface area (Å²) in [6.07, 6.45) is 2.05. The molecule has 0 radical (unpaired) electrons. The summed E-state index contributed by atoms with van der Waals surface area (Å²) in [7, 11) is 1.57. The predicted molar refractivity (Wildman–Crippen MR) is 37.1 cm³/mol. The average Bonchev–Trinajstić information content (AvgIpc) is 1.90. The van der Waals surface area contributed by atoms with Crippen molar-refractivity contribution in [3.63, 3.8) is 0 Å². The van der Waals surface area contributed by atoms with Gasteiger partial charge in [-0.1, -0.05) is 10.3 Å². The van der Waals surface area contributed by atoms with Crippen molar-refractivity contribution in [1.82, 2.24) is 5.43 Å². The van der Waals surface area contributed by atoms with E-state index in [4.69, 9.17) is 10.4 Å². The Bertz CT molecular complexity index is 149. The fourth-order valence-electron chi connectivity index (χ4n) is 0.338. The molecule has 0 fully saturated rings. The van der Waals surface area contributed by atoms with Gasteiger partial charge in [0.2, 0.25) is 0 Å². The fraction of sp³-hybridized carbons (Fsp3) is 0.250. The summed E-state index contributed by atoms with van der Waals surface area (Å²) in [6.45, 7) is 0. The number of hydrazone groups is 1. The molecule has 56 valence electrons. The summed E-state index contributed by atoms with van der Waals surface area (Å²) in [5.41, 5.74) is 2.64. The SMILES string of the molecule is CNN=C(/C=N\O)/C=N/O. The Kier molecular flexibility index (Phi) is 4.66. The standard InChI is InChI=1S/C4H8N4O2/c1-5-8-4(2-6-9)3-7-10/h2-3,5,9-10H,1H3/b6-2-,7-3+,8-4?. The van der Waals surface area contributed by atoms with Gasteiger partial charge in [0.15, 0.2) is 0 Å². The van der Waals surface area contributed by atoms with Crippen LogP contribution in [0.1, 0.15) is 0 Å². The Morgan fingerprint density at radius 3 is 2.10 bits per heavy atom. The smallest absolute Gasteiger partial charge is 0.126 e. The van der Waals surface area contributed by atoms with Crippen LogP contribution in [0.15, 0.2) is 15.4 Å². The van der Waals surface area contributed by atoms with E-state index in [9.17, 15) is 0 Å². The highest BCUT2D eigenvalue weighted by Crippen LogP contribution is 1.67. The second-order valence-corrected chi connectivity index (χ2v) is 1.25. The highest BCUT2D eigenvalue weighted by atomic mass is 16.4. The molecule has 0 saturated heterocycles. The van der Waals surface area contributed by atoms with Gasteiger partial charge in [0, 0.05) is 7.05 Å². The first-order valence-corrected chi connectivity index (χ1v) is 2.44. The molecule has 0 aromatic heterocycles. The van der Waals surface area contributed by atoms with Crippen molar-refractivity contribution in [2.45, 2.75) is 0 Å². The molecule has 0 aliphatic rings. The molecule has 0 rings (SSSR count). The first kappa shape index (κ1) is 8.41. The summed E-state index contributed by atoms with van der Waals surface area (Å²) < 4.78 is 0. The lowest BCUT2D eigenvalue weighted by atomic mass is 10.4. The van der Waals surface area contributed by atoms with Gasteiger partial charge in [-0.05, 0) is 0 Å². The Balaban J connectivity index is 4.11. The van der Waals surface area contributed by atoms with E-state index in [0.717, 1.165) is 12.4 Å². The minimum absolute atomic E-state index is 0.215. The molecule has 0 amide bonds. The van der Waals surface area contributed by atoms with Gasteiger partial charge in [-0.3, -0.25) is 0 Å². The molecule has 0 aromatic carbocycles. The van der Waals surface area contributed by atoms with Crippen molar-refractivity contribution in [3.8, 4) is 0 Å². The van der Waals surface area contributed by atoms with Crippen LogP contribution in [0.4, 0.5) is 0 Å². The van der Waals surface area contributed by atoms with Crippen LogP contribution in [-0.2, 0) is 0 Å². The van der Waals surface area contributed by atoms with Crippen LogP contribution in [0.25, 0.3) is 0 Å². The minimum Gasteiger partial charge on any atom is -0.411 e. The summed E-state index contributed by atoms with van der Waals surface area (Å²) in [4.78, 5) is 0. The molecule has 0 aromatic rings. The third kappa shape index (κ3) is 3.42. The molecular formula is C4H8N4O2. The van der Waals surface area contributed by atoms with Gasteiger partial charge in [-0.25, -0.2) is 0 Å².